The molecule has 0 aliphatic rings. The Kier molecular flexibility index (Phi) is 3.80. The number of hydrogen-bond acceptors (Lipinski definition) is 5. The van der Waals surface area contributed by atoms with E-state index in [1.165, 1.54) is 0 Å². The lowest BCUT2D eigenvalue weighted by molar-refractivity contribution is -0.136. The lowest BCUT2D eigenvalue weighted by atomic mass is 10.1. The maximum absolute atomic E-state index is 10.7. The van der Waals surface area contributed by atoms with Crippen LogP contribution in [-0.2, 0) is 11.2 Å². The number of rotatable bonds is 4. The summed E-state index contributed by atoms with van der Waals surface area (Å²) < 4.78 is 1.54. The van der Waals surface area contributed by atoms with E-state index in [9.17, 15) is 10.1 Å². The summed E-state index contributed by atoms with van der Waals surface area (Å²) in [5, 5.41) is 26.0. The van der Waals surface area contributed by atoms with Gasteiger partial charge >= 0.3 is 5.97 Å². The number of carboxylic acids is 1. The SMILES string of the molecule is N#Cc1nnn(-c2ccc(CC(=O)O)cc2)c1-c1cccnc1. The second-order valence-electron chi connectivity index (χ2n) is 4.79. The highest BCUT2D eigenvalue weighted by molar-refractivity contribution is 5.70. The van der Waals surface area contributed by atoms with Gasteiger partial charge in [0, 0.05) is 18.0 Å². The second kappa shape index (κ2) is 6.07. The number of benzene rings is 1. The Morgan fingerprint density at radius 2 is 2.04 bits per heavy atom. The normalized spacial score (nSPS) is 10.2. The van der Waals surface area contributed by atoms with Gasteiger partial charge in [-0.25, -0.2) is 4.68 Å². The van der Waals surface area contributed by atoms with E-state index in [1.54, 1.807) is 47.4 Å². The third-order valence-corrected chi connectivity index (χ3v) is 3.25. The van der Waals surface area contributed by atoms with Crippen LogP contribution < -0.4 is 0 Å². The van der Waals surface area contributed by atoms with Gasteiger partial charge in [0.15, 0.2) is 5.69 Å². The van der Waals surface area contributed by atoms with Crippen LogP contribution in [0, 0.1) is 11.3 Å². The van der Waals surface area contributed by atoms with Crippen LogP contribution in [0.3, 0.4) is 0 Å². The molecule has 2 aromatic heterocycles. The van der Waals surface area contributed by atoms with Crippen molar-refractivity contribution in [2.45, 2.75) is 6.42 Å². The van der Waals surface area contributed by atoms with Crippen molar-refractivity contribution in [1.29, 1.82) is 5.26 Å². The molecule has 0 fully saturated rings. The molecule has 7 nitrogen and oxygen atoms in total. The summed E-state index contributed by atoms with van der Waals surface area (Å²) in [5.74, 6) is -0.888. The lowest BCUT2D eigenvalue weighted by Crippen LogP contribution is -2.02. The summed E-state index contributed by atoms with van der Waals surface area (Å²) in [6.07, 6.45) is 3.23. The van der Waals surface area contributed by atoms with Crippen LogP contribution in [0.4, 0.5) is 0 Å². The number of nitriles is 1. The van der Waals surface area contributed by atoms with E-state index in [0.717, 1.165) is 5.56 Å². The van der Waals surface area contributed by atoms with Crippen LogP contribution in [0.15, 0.2) is 48.8 Å². The largest absolute Gasteiger partial charge is 0.481 e. The smallest absolute Gasteiger partial charge is 0.307 e. The molecule has 0 saturated carbocycles. The molecule has 1 N–H and O–H groups in total. The Bertz CT molecular complexity index is 879. The number of carbonyl (C=O) groups is 1. The Balaban J connectivity index is 2.06. The van der Waals surface area contributed by atoms with Gasteiger partial charge in [0.2, 0.25) is 0 Å². The van der Waals surface area contributed by atoms with Gasteiger partial charge < -0.3 is 5.11 Å². The van der Waals surface area contributed by atoms with Crippen LogP contribution in [0.2, 0.25) is 0 Å². The molecule has 0 spiro atoms. The maximum atomic E-state index is 10.7. The fraction of sp³-hybridized carbons (Fsp3) is 0.0625. The van der Waals surface area contributed by atoms with Crippen molar-refractivity contribution in [3.05, 3.63) is 60.0 Å². The Hall–Kier alpha value is -3.53. The minimum Gasteiger partial charge on any atom is -0.481 e. The molecule has 0 amide bonds. The van der Waals surface area contributed by atoms with Gasteiger partial charge in [0.1, 0.15) is 11.8 Å². The highest BCUT2D eigenvalue weighted by atomic mass is 16.4. The number of nitrogens with zero attached hydrogens (tertiary/aromatic N) is 5. The van der Waals surface area contributed by atoms with Gasteiger partial charge in [0.25, 0.3) is 0 Å². The number of pyridine rings is 1. The van der Waals surface area contributed by atoms with Gasteiger partial charge in [-0.05, 0) is 29.8 Å². The number of aromatic nitrogens is 4. The molecule has 3 aromatic rings. The van der Waals surface area contributed by atoms with E-state index in [4.69, 9.17) is 5.11 Å². The van der Waals surface area contributed by atoms with Crippen molar-refractivity contribution in [1.82, 2.24) is 20.0 Å². The van der Waals surface area contributed by atoms with Gasteiger partial charge in [-0.1, -0.05) is 17.3 Å². The van der Waals surface area contributed by atoms with Gasteiger partial charge in [-0.3, -0.25) is 9.78 Å². The fourth-order valence-corrected chi connectivity index (χ4v) is 2.23. The van der Waals surface area contributed by atoms with E-state index >= 15 is 0 Å². The van der Waals surface area contributed by atoms with Crippen LogP contribution in [-0.4, -0.2) is 31.1 Å². The summed E-state index contributed by atoms with van der Waals surface area (Å²) >= 11 is 0. The Labute approximate surface area is 131 Å². The molecular formula is C16H11N5O2. The molecular weight excluding hydrogens is 294 g/mol. The monoisotopic (exact) mass is 305 g/mol. The van der Waals surface area contributed by atoms with Crippen molar-refractivity contribution < 1.29 is 9.90 Å². The zero-order valence-electron chi connectivity index (χ0n) is 11.9. The Morgan fingerprint density at radius 3 is 2.65 bits per heavy atom. The highest BCUT2D eigenvalue weighted by Gasteiger charge is 2.16. The number of aliphatic carboxylic acids is 1. The second-order valence-corrected chi connectivity index (χ2v) is 4.79. The van der Waals surface area contributed by atoms with E-state index in [0.29, 0.717) is 16.9 Å². The molecule has 0 aliphatic heterocycles. The van der Waals surface area contributed by atoms with Crippen LogP contribution in [0.5, 0.6) is 0 Å². The Morgan fingerprint density at radius 1 is 1.26 bits per heavy atom. The zero-order valence-corrected chi connectivity index (χ0v) is 11.9. The first-order valence-corrected chi connectivity index (χ1v) is 6.76. The van der Waals surface area contributed by atoms with Crippen LogP contribution in [0.1, 0.15) is 11.3 Å². The van der Waals surface area contributed by atoms with E-state index in [1.807, 2.05) is 12.1 Å². The highest BCUT2D eigenvalue weighted by Crippen LogP contribution is 2.24. The molecule has 0 aliphatic carbocycles. The average molecular weight is 305 g/mol. The van der Waals surface area contributed by atoms with Crippen molar-refractivity contribution in [2.75, 3.05) is 0 Å². The molecule has 3 rings (SSSR count). The summed E-state index contributed by atoms with van der Waals surface area (Å²) in [7, 11) is 0. The summed E-state index contributed by atoms with van der Waals surface area (Å²) in [4.78, 5) is 14.8. The van der Waals surface area contributed by atoms with Crippen molar-refractivity contribution in [3.63, 3.8) is 0 Å². The standard InChI is InChI=1S/C16H11N5O2/c17-9-14-16(12-2-1-7-18-10-12)21(20-19-14)13-5-3-11(4-6-13)8-15(22)23/h1-7,10H,8H2,(H,22,23). The number of hydrogen-bond donors (Lipinski definition) is 1. The summed E-state index contributed by atoms with van der Waals surface area (Å²) in [6.45, 7) is 0. The minimum atomic E-state index is -0.888. The lowest BCUT2D eigenvalue weighted by Gasteiger charge is -2.07. The fourth-order valence-electron chi connectivity index (χ4n) is 2.23. The zero-order chi connectivity index (χ0) is 16.2. The molecule has 0 bridgehead atoms. The van der Waals surface area contributed by atoms with E-state index in [2.05, 4.69) is 15.3 Å². The first-order valence-electron chi connectivity index (χ1n) is 6.76. The van der Waals surface area contributed by atoms with Crippen LogP contribution in [0.25, 0.3) is 16.9 Å². The van der Waals surface area contributed by atoms with Crippen molar-refractivity contribution in [2.24, 2.45) is 0 Å². The summed E-state index contributed by atoms with van der Waals surface area (Å²) in [5.41, 5.74) is 2.85. The van der Waals surface area contributed by atoms with Gasteiger partial charge in [0.05, 0.1) is 12.1 Å². The molecule has 0 atom stereocenters. The molecule has 7 heteroatoms. The first-order chi connectivity index (χ1) is 11.2. The third-order valence-electron chi connectivity index (χ3n) is 3.25. The summed E-state index contributed by atoms with van der Waals surface area (Å²) in [6, 6.07) is 12.5. The van der Waals surface area contributed by atoms with Crippen molar-refractivity contribution >= 4 is 5.97 Å². The molecule has 0 radical (unpaired) electrons. The molecule has 0 unspecified atom stereocenters. The molecule has 1 aromatic carbocycles. The molecule has 2 heterocycles. The first kappa shape index (κ1) is 14.4. The molecule has 0 saturated heterocycles. The predicted molar refractivity (Wildman–Crippen MR) is 80.6 cm³/mol. The molecule has 23 heavy (non-hydrogen) atoms. The van der Waals surface area contributed by atoms with Gasteiger partial charge in [-0.2, -0.15) is 5.26 Å². The molecule has 112 valence electrons. The average Bonchev–Trinajstić information content (AvgIpc) is 3.00. The van der Waals surface area contributed by atoms with Crippen molar-refractivity contribution in [3.8, 4) is 23.0 Å². The quantitative estimate of drug-likeness (QED) is 0.788. The topological polar surface area (TPSA) is 105 Å². The number of carboxylic acid groups (broad SMARTS) is 1. The third kappa shape index (κ3) is 2.91. The van der Waals surface area contributed by atoms with Gasteiger partial charge in [-0.15, -0.1) is 5.10 Å². The van der Waals surface area contributed by atoms with E-state index in [-0.39, 0.29) is 12.1 Å². The predicted octanol–water partition coefficient (Wildman–Crippen LogP) is 1.83. The van der Waals surface area contributed by atoms with Crippen LogP contribution >= 0.6 is 0 Å². The minimum absolute atomic E-state index is 0.0451. The van der Waals surface area contributed by atoms with E-state index < -0.39 is 5.97 Å². The maximum Gasteiger partial charge on any atom is 0.307 e.